The molecule has 1 N–H and O–H groups in total. The molecule has 1 rings (SSSR count). The maximum Gasteiger partial charge on any atom is 0.335 e. The van der Waals surface area contributed by atoms with Crippen molar-refractivity contribution in [3.63, 3.8) is 0 Å². The number of hydrogen-bond acceptors (Lipinski definition) is 2. The van der Waals surface area contributed by atoms with Gasteiger partial charge in [0.1, 0.15) is 0 Å². The van der Waals surface area contributed by atoms with Gasteiger partial charge in [0, 0.05) is 6.61 Å². The molecule has 0 aromatic rings. The van der Waals surface area contributed by atoms with E-state index in [4.69, 9.17) is 4.74 Å². The molecular formula is C14H26O3. The van der Waals surface area contributed by atoms with Crippen LogP contribution < -0.4 is 0 Å². The van der Waals surface area contributed by atoms with E-state index in [9.17, 15) is 9.90 Å². The third-order valence-corrected chi connectivity index (χ3v) is 3.65. The third kappa shape index (κ3) is 4.30. The van der Waals surface area contributed by atoms with E-state index in [0.29, 0.717) is 31.3 Å². The minimum absolute atomic E-state index is 0.463. The second kappa shape index (κ2) is 6.39. The lowest BCUT2D eigenvalue weighted by Crippen LogP contribution is -2.45. The van der Waals surface area contributed by atoms with Crippen molar-refractivity contribution in [2.75, 3.05) is 6.61 Å². The van der Waals surface area contributed by atoms with Crippen LogP contribution in [0.1, 0.15) is 59.3 Å². The molecule has 3 heteroatoms. The fraction of sp³-hybridized carbons (Fsp3) is 0.929. The van der Waals surface area contributed by atoms with Crippen LogP contribution >= 0.6 is 0 Å². The number of carbonyl (C=O) groups is 1. The van der Waals surface area contributed by atoms with Crippen molar-refractivity contribution in [2.45, 2.75) is 64.9 Å². The maximum absolute atomic E-state index is 11.4. The molecule has 0 heterocycles. The van der Waals surface area contributed by atoms with Crippen LogP contribution in [0.25, 0.3) is 0 Å². The van der Waals surface area contributed by atoms with Crippen LogP contribution in [-0.4, -0.2) is 23.3 Å². The number of carboxylic acid groups (broad SMARTS) is 1. The minimum Gasteiger partial charge on any atom is -0.479 e. The van der Waals surface area contributed by atoms with Crippen LogP contribution in [0.2, 0.25) is 0 Å². The molecule has 0 saturated heterocycles. The molecule has 1 saturated carbocycles. The van der Waals surface area contributed by atoms with Gasteiger partial charge in [0.05, 0.1) is 0 Å². The summed E-state index contributed by atoms with van der Waals surface area (Å²) < 4.78 is 5.75. The highest BCUT2D eigenvalue weighted by molar-refractivity contribution is 5.77. The molecule has 100 valence electrons. The zero-order chi connectivity index (χ0) is 12.9. The van der Waals surface area contributed by atoms with Crippen LogP contribution in [0.15, 0.2) is 0 Å². The van der Waals surface area contributed by atoms with Gasteiger partial charge in [-0.3, -0.25) is 0 Å². The summed E-state index contributed by atoms with van der Waals surface area (Å²) in [4.78, 5) is 11.4. The second-order valence-electron chi connectivity index (χ2n) is 5.89. The summed E-state index contributed by atoms with van der Waals surface area (Å²) in [5.74, 6) is 0.350. The summed E-state index contributed by atoms with van der Waals surface area (Å²) in [7, 11) is 0. The second-order valence-corrected chi connectivity index (χ2v) is 5.89. The summed E-state index contributed by atoms with van der Waals surface area (Å²) in [5.41, 5.74) is -0.894. The molecule has 0 amide bonds. The Kier molecular flexibility index (Phi) is 5.44. The van der Waals surface area contributed by atoms with E-state index in [0.717, 1.165) is 25.7 Å². The van der Waals surface area contributed by atoms with Crippen LogP contribution in [0, 0.1) is 11.8 Å². The first-order valence-electron chi connectivity index (χ1n) is 6.83. The third-order valence-electron chi connectivity index (χ3n) is 3.65. The van der Waals surface area contributed by atoms with Crippen LogP contribution in [0.4, 0.5) is 0 Å². The molecule has 0 aliphatic heterocycles. The fourth-order valence-corrected chi connectivity index (χ4v) is 2.65. The predicted molar refractivity (Wildman–Crippen MR) is 68.0 cm³/mol. The van der Waals surface area contributed by atoms with Gasteiger partial charge in [-0.25, -0.2) is 4.79 Å². The summed E-state index contributed by atoms with van der Waals surface area (Å²) in [5, 5.41) is 9.39. The van der Waals surface area contributed by atoms with Crippen LogP contribution in [0.3, 0.4) is 0 Å². The molecule has 2 atom stereocenters. The number of carboxylic acids is 1. The van der Waals surface area contributed by atoms with Crippen molar-refractivity contribution in [1.82, 2.24) is 0 Å². The molecule has 2 unspecified atom stereocenters. The van der Waals surface area contributed by atoms with Gasteiger partial charge in [-0.2, -0.15) is 0 Å². The highest BCUT2D eigenvalue weighted by Gasteiger charge is 2.42. The van der Waals surface area contributed by atoms with Crippen molar-refractivity contribution in [3.05, 3.63) is 0 Å². The molecular weight excluding hydrogens is 216 g/mol. The van der Waals surface area contributed by atoms with Gasteiger partial charge >= 0.3 is 5.97 Å². The van der Waals surface area contributed by atoms with Crippen molar-refractivity contribution >= 4 is 5.97 Å². The molecule has 1 aliphatic carbocycles. The Labute approximate surface area is 105 Å². The van der Waals surface area contributed by atoms with E-state index >= 15 is 0 Å². The first-order chi connectivity index (χ1) is 7.96. The number of rotatable bonds is 6. The normalized spacial score (nSPS) is 29.5. The molecule has 3 nitrogen and oxygen atoms in total. The summed E-state index contributed by atoms with van der Waals surface area (Å²) >= 11 is 0. The first-order valence-corrected chi connectivity index (χ1v) is 6.83. The number of aliphatic carboxylic acids is 1. The predicted octanol–water partition coefficient (Wildman–Crippen LogP) is 3.47. The highest BCUT2D eigenvalue weighted by atomic mass is 16.5. The molecule has 0 radical (unpaired) electrons. The lowest BCUT2D eigenvalue weighted by Gasteiger charge is -2.36. The number of ether oxygens (including phenoxy) is 1. The maximum atomic E-state index is 11.4. The van der Waals surface area contributed by atoms with Crippen LogP contribution in [-0.2, 0) is 9.53 Å². The average Bonchev–Trinajstić information content (AvgIpc) is 2.24. The van der Waals surface area contributed by atoms with Gasteiger partial charge in [0.2, 0.25) is 0 Å². The topological polar surface area (TPSA) is 46.5 Å². The zero-order valence-corrected chi connectivity index (χ0v) is 11.4. The minimum atomic E-state index is -0.894. The Hall–Kier alpha value is -0.570. The van der Waals surface area contributed by atoms with Crippen LogP contribution in [0.5, 0.6) is 0 Å². The Morgan fingerprint density at radius 1 is 1.53 bits per heavy atom. The van der Waals surface area contributed by atoms with Crippen molar-refractivity contribution < 1.29 is 14.6 Å². The van der Waals surface area contributed by atoms with Crippen molar-refractivity contribution in [1.29, 1.82) is 0 Å². The lowest BCUT2D eigenvalue weighted by molar-refractivity contribution is -0.173. The van der Waals surface area contributed by atoms with Gasteiger partial charge < -0.3 is 9.84 Å². The van der Waals surface area contributed by atoms with Gasteiger partial charge in [0.15, 0.2) is 5.60 Å². The average molecular weight is 242 g/mol. The molecule has 1 fully saturated rings. The van der Waals surface area contributed by atoms with E-state index in [-0.39, 0.29) is 0 Å². The molecule has 0 aromatic heterocycles. The zero-order valence-electron chi connectivity index (χ0n) is 11.4. The lowest BCUT2D eigenvalue weighted by atomic mass is 9.79. The standard InChI is InChI=1S/C14H26O3/c1-11(2)6-5-9-17-14(13(15)16)8-4-7-12(3)10-14/h11-12H,4-10H2,1-3H3,(H,15,16). The Morgan fingerprint density at radius 3 is 2.76 bits per heavy atom. The van der Waals surface area contributed by atoms with Gasteiger partial charge in [-0.15, -0.1) is 0 Å². The van der Waals surface area contributed by atoms with Crippen molar-refractivity contribution in [3.8, 4) is 0 Å². The van der Waals surface area contributed by atoms with Gasteiger partial charge in [-0.05, 0) is 43.9 Å². The number of hydrogen-bond donors (Lipinski definition) is 1. The molecule has 0 spiro atoms. The molecule has 0 bridgehead atoms. The van der Waals surface area contributed by atoms with Crippen molar-refractivity contribution in [2.24, 2.45) is 11.8 Å². The summed E-state index contributed by atoms with van der Waals surface area (Å²) in [6.07, 6.45) is 5.51. The van der Waals surface area contributed by atoms with E-state index in [1.807, 2.05) is 0 Å². The molecule has 1 aliphatic rings. The van der Waals surface area contributed by atoms with E-state index in [1.165, 1.54) is 0 Å². The smallest absolute Gasteiger partial charge is 0.335 e. The monoisotopic (exact) mass is 242 g/mol. The SMILES string of the molecule is CC(C)CCCOC1(C(=O)O)CCCC(C)C1. The Balaban J connectivity index is 2.45. The fourth-order valence-electron chi connectivity index (χ4n) is 2.65. The molecule has 17 heavy (non-hydrogen) atoms. The first kappa shape index (κ1) is 14.5. The van der Waals surface area contributed by atoms with E-state index < -0.39 is 11.6 Å². The quantitative estimate of drug-likeness (QED) is 0.725. The highest BCUT2D eigenvalue weighted by Crippen LogP contribution is 2.35. The Bertz CT molecular complexity index is 250. The largest absolute Gasteiger partial charge is 0.479 e. The van der Waals surface area contributed by atoms with Gasteiger partial charge in [-0.1, -0.05) is 27.2 Å². The van der Waals surface area contributed by atoms with E-state index in [1.54, 1.807) is 0 Å². The Morgan fingerprint density at radius 2 is 2.24 bits per heavy atom. The van der Waals surface area contributed by atoms with E-state index in [2.05, 4.69) is 20.8 Å². The summed E-state index contributed by atoms with van der Waals surface area (Å²) in [6, 6.07) is 0. The summed E-state index contributed by atoms with van der Waals surface area (Å²) in [6.45, 7) is 7.05. The van der Waals surface area contributed by atoms with Gasteiger partial charge in [0.25, 0.3) is 0 Å². The molecule has 0 aromatic carbocycles.